The predicted molar refractivity (Wildman–Crippen MR) is 97.3 cm³/mol. The number of anilines is 1. The summed E-state index contributed by atoms with van der Waals surface area (Å²) in [6.45, 7) is 5.10. The molecule has 1 atom stereocenters. The molecule has 0 saturated carbocycles. The fourth-order valence-electron chi connectivity index (χ4n) is 3.96. The molecule has 4 rings (SSSR count). The molecule has 1 aromatic carbocycles. The lowest BCUT2D eigenvalue weighted by molar-refractivity contribution is 0.533. The minimum Gasteiger partial charge on any atom is -0.370 e. The zero-order valence-corrected chi connectivity index (χ0v) is 14.5. The second kappa shape index (κ2) is 6.89. The standard InChI is InChI=1S/C20H26N4/c1-15-18-9-5-6-10-19(18)23-20(22-15)13-21-16-11-12-24(14-16)17-7-3-2-4-8-17/h2-4,7-8,16,21H,5-6,9-14H2,1H3. The van der Waals surface area contributed by atoms with Crippen molar-refractivity contribution in [1.29, 1.82) is 0 Å². The van der Waals surface area contributed by atoms with Crippen LogP contribution in [0.4, 0.5) is 5.69 Å². The molecule has 24 heavy (non-hydrogen) atoms. The van der Waals surface area contributed by atoms with Crippen LogP contribution in [0.1, 0.15) is 42.0 Å². The summed E-state index contributed by atoms with van der Waals surface area (Å²) in [5.74, 6) is 0.964. The maximum Gasteiger partial charge on any atom is 0.142 e. The molecule has 1 N–H and O–H groups in total. The van der Waals surface area contributed by atoms with Crippen molar-refractivity contribution in [3.05, 3.63) is 53.1 Å². The normalized spacial score (nSPS) is 20.2. The van der Waals surface area contributed by atoms with Gasteiger partial charge in [0.05, 0.1) is 6.54 Å². The van der Waals surface area contributed by atoms with Crippen molar-refractivity contribution in [2.24, 2.45) is 0 Å². The number of nitrogens with zero attached hydrogens (tertiary/aromatic N) is 3. The number of benzene rings is 1. The lowest BCUT2D eigenvalue weighted by Crippen LogP contribution is -2.33. The van der Waals surface area contributed by atoms with E-state index in [4.69, 9.17) is 9.97 Å². The van der Waals surface area contributed by atoms with E-state index in [1.807, 2.05) is 0 Å². The minimum atomic E-state index is 0.519. The van der Waals surface area contributed by atoms with E-state index >= 15 is 0 Å². The van der Waals surface area contributed by atoms with E-state index in [0.29, 0.717) is 6.04 Å². The summed E-state index contributed by atoms with van der Waals surface area (Å²) in [6.07, 6.45) is 6.01. The molecular weight excluding hydrogens is 296 g/mol. The van der Waals surface area contributed by atoms with Gasteiger partial charge in [-0.3, -0.25) is 0 Å². The van der Waals surface area contributed by atoms with Gasteiger partial charge in [-0.05, 0) is 56.7 Å². The third kappa shape index (κ3) is 3.29. The van der Waals surface area contributed by atoms with Gasteiger partial charge in [-0.1, -0.05) is 18.2 Å². The number of aromatic nitrogens is 2. The zero-order valence-electron chi connectivity index (χ0n) is 14.5. The molecule has 126 valence electrons. The highest BCUT2D eigenvalue weighted by molar-refractivity contribution is 5.47. The number of para-hydroxylation sites is 1. The Morgan fingerprint density at radius 1 is 1.12 bits per heavy atom. The van der Waals surface area contributed by atoms with E-state index in [0.717, 1.165) is 38.3 Å². The van der Waals surface area contributed by atoms with Gasteiger partial charge in [-0.15, -0.1) is 0 Å². The Morgan fingerprint density at radius 3 is 2.83 bits per heavy atom. The van der Waals surface area contributed by atoms with Crippen LogP contribution in [0.15, 0.2) is 30.3 Å². The third-order valence-corrected chi connectivity index (χ3v) is 5.29. The highest BCUT2D eigenvalue weighted by Crippen LogP contribution is 2.22. The van der Waals surface area contributed by atoms with Gasteiger partial charge >= 0.3 is 0 Å². The summed E-state index contributed by atoms with van der Waals surface area (Å²) < 4.78 is 0. The number of nitrogens with one attached hydrogen (secondary N) is 1. The van der Waals surface area contributed by atoms with Gasteiger partial charge in [0.25, 0.3) is 0 Å². The molecule has 1 fully saturated rings. The third-order valence-electron chi connectivity index (χ3n) is 5.29. The first-order valence-electron chi connectivity index (χ1n) is 9.18. The molecule has 0 radical (unpaired) electrons. The molecule has 1 unspecified atom stereocenters. The molecule has 1 aliphatic carbocycles. The van der Waals surface area contributed by atoms with Crippen molar-refractivity contribution in [1.82, 2.24) is 15.3 Å². The summed E-state index contributed by atoms with van der Waals surface area (Å²) in [6, 6.07) is 11.2. The molecule has 4 nitrogen and oxygen atoms in total. The largest absolute Gasteiger partial charge is 0.370 e. The first-order valence-corrected chi connectivity index (χ1v) is 9.18. The Hall–Kier alpha value is -1.94. The van der Waals surface area contributed by atoms with Crippen molar-refractivity contribution in [3.63, 3.8) is 0 Å². The maximum atomic E-state index is 4.83. The van der Waals surface area contributed by atoms with E-state index in [2.05, 4.69) is 47.5 Å². The molecule has 2 aromatic rings. The molecular formula is C20H26N4. The highest BCUT2D eigenvalue weighted by Gasteiger charge is 2.23. The van der Waals surface area contributed by atoms with E-state index in [1.165, 1.54) is 41.9 Å². The van der Waals surface area contributed by atoms with Crippen molar-refractivity contribution in [3.8, 4) is 0 Å². The van der Waals surface area contributed by atoms with Gasteiger partial charge in [0.15, 0.2) is 0 Å². The Bertz CT molecular complexity index is 698. The molecule has 1 aliphatic heterocycles. The van der Waals surface area contributed by atoms with Crippen LogP contribution in [0.5, 0.6) is 0 Å². The monoisotopic (exact) mass is 322 g/mol. The summed E-state index contributed by atoms with van der Waals surface area (Å²) in [7, 11) is 0. The second-order valence-electron chi connectivity index (χ2n) is 7.01. The average molecular weight is 322 g/mol. The van der Waals surface area contributed by atoms with Gasteiger partial charge in [-0.2, -0.15) is 0 Å². The van der Waals surface area contributed by atoms with Gasteiger partial charge in [0, 0.05) is 36.2 Å². The molecule has 0 bridgehead atoms. The number of hydrogen-bond acceptors (Lipinski definition) is 4. The number of fused-ring (bicyclic) bond motifs is 1. The van der Waals surface area contributed by atoms with Crippen LogP contribution >= 0.6 is 0 Å². The molecule has 4 heteroatoms. The fraction of sp³-hybridized carbons (Fsp3) is 0.500. The first kappa shape index (κ1) is 15.6. The molecule has 1 aromatic heterocycles. The fourth-order valence-corrected chi connectivity index (χ4v) is 3.96. The second-order valence-corrected chi connectivity index (χ2v) is 7.01. The predicted octanol–water partition coefficient (Wildman–Crippen LogP) is 3.03. The summed E-state index contributed by atoms with van der Waals surface area (Å²) in [4.78, 5) is 12.0. The quantitative estimate of drug-likeness (QED) is 0.939. The summed E-state index contributed by atoms with van der Waals surface area (Å²) >= 11 is 0. The van der Waals surface area contributed by atoms with Crippen LogP contribution in [0.3, 0.4) is 0 Å². The van der Waals surface area contributed by atoms with Crippen molar-refractivity contribution >= 4 is 5.69 Å². The van der Waals surface area contributed by atoms with Gasteiger partial charge in [0.2, 0.25) is 0 Å². The van der Waals surface area contributed by atoms with Crippen molar-refractivity contribution in [2.75, 3.05) is 18.0 Å². The smallest absolute Gasteiger partial charge is 0.142 e. The number of hydrogen-bond donors (Lipinski definition) is 1. The summed E-state index contributed by atoms with van der Waals surface area (Å²) in [5, 5.41) is 3.66. The van der Waals surface area contributed by atoms with E-state index < -0.39 is 0 Å². The van der Waals surface area contributed by atoms with Crippen molar-refractivity contribution in [2.45, 2.75) is 51.6 Å². The summed E-state index contributed by atoms with van der Waals surface area (Å²) in [5.41, 5.74) is 5.21. The molecule has 1 saturated heterocycles. The molecule has 2 aliphatic rings. The van der Waals surface area contributed by atoms with Gasteiger partial charge in [-0.25, -0.2) is 9.97 Å². The van der Waals surface area contributed by atoms with Crippen LogP contribution in [0.25, 0.3) is 0 Å². The lowest BCUT2D eigenvalue weighted by atomic mass is 9.95. The van der Waals surface area contributed by atoms with Crippen LogP contribution in [-0.2, 0) is 19.4 Å². The topological polar surface area (TPSA) is 41.1 Å². The average Bonchev–Trinajstić information content (AvgIpc) is 3.10. The zero-order chi connectivity index (χ0) is 16.4. The maximum absolute atomic E-state index is 4.83. The Morgan fingerprint density at radius 2 is 1.96 bits per heavy atom. The minimum absolute atomic E-state index is 0.519. The Labute approximate surface area is 144 Å². The molecule has 2 heterocycles. The van der Waals surface area contributed by atoms with Gasteiger partial charge < -0.3 is 10.2 Å². The van der Waals surface area contributed by atoms with E-state index in [9.17, 15) is 0 Å². The lowest BCUT2D eigenvalue weighted by Gasteiger charge is -2.20. The number of aryl methyl sites for hydroxylation is 2. The number of rotatable bonds is 4. The molecule has 0 spiro atoms. The first-order chi connectivity index (χ1) is 11.8. The van der Waals surface area contributed by atoms with Crippen LogP contribution < -0.4 is 10.2 Å². The SMILES string of the molecule is Cc1nc(CNC2CCN(c3ccccc3)C2)nc2c1CCCC2. The Kier molecular flexibility index (Phi) is 4.48. The van der Waals surface area contributed by atoms with Gasteiger partial charge in [0.1, 0.15) is 5.82 Å². The Balaban J connectivity index is 1.37. The molecule has 0 amide bonds. The van der Waals surface area contributed by atoms with Crippen LogP contribution in [0.2, 0.25) is 0 Å². The van der Waals surface area contributed by atoms with Crippen LogP contribution in [-0.4, -0.2) is 29.1 Å². The van der Waals surface area contributed by atoms with E-state index in [-0.39, 0.29) is 0 Å². The van der Waals surface area contributed by atoms with E-state index in [1.54, 1.807) is 0 Å². The highest BCUT2D eigenvalue weighted by atomic mass is 15.2. The van der Waals surface area contributed by atoms with Crippen molar-refractivity contribution < 1.29 is 0 Å². The van der Waals surface area contributed by atoms with Crippen LogP contribution in [0, 0.1) is 6.92 Å².